The average molecular weight is 492 g/mol. The standard InChI is InChI=1S/C27H35ClFNO4/c1-26(2,3)34-25(32)22-5-4-6-30(22)24(31)19-10-20(28)23(11-21(19)29)33-15-27-12-16-7-17(13-27)9-18(8-16)14-27/h10-11,16-18,22H,4-9,12-15H2,1-3H3. The van der Waals surface area contributed by atoms with Crippen LogP contribution in [0.15, 0.2) is 12.1 Å². The molecule has 1 aromatic rings. The molecule has 6 rings (SSSR count). The Hall–Kier alpha value is -1.82. The van der Waals surface area contributed by atoms with E-state index in [0.717, 1.165) is 17.8 Å². The Morgan fingerprint density at radius 3 is 2.32 bits per heavy atom. The maximum Gasteiger partial charge on any atom is 0.329 e. The summed E-state index contributed by atoms with van der Waals surface area (Å²) in [6.07, 6.45) is 8.80. The van der Waals surface area contributed by atoms with Gasteiger partial charge in [0, 0.05) is 18.0 Å². The molecule has 1 atom stereocenters. The lowest BCUT2D eigenvalue weighted by atomic mass is 9.50. The Morgan fingerprint density at radius 1 is 1.12 bits per heavy atom. The van der Waals surface area contributed by atoms with Gasteiger partial charge in [-0.2, -0.15) is 0 Å². The minimum atomic E-state index is -0.711. The largest absolute Gasteiger partial charge is 0.491 e. The Labute approximate surface area is 206 Å². The van der Waals surface area contributed by atoms with Gasteiger partial charge in [0.15, 0.2) is 0 Å². The molecule has 1 aliphatic heterocycles. The van der Waals surface area contributed by atoms with Crippen LogP contribution in [-0.4, -0.2) is 41.6 Å². The van der Waals surface area contributed by atoms with E-state index in [1.165, 1.54) is 55.6 Å². The van der Waals surface area contributed by atoms with Gasteiger partial charge in [0.1, 0.15) is 23.2 Å². The van der Waals surface area contributed by atoms with E-state index in [-0.39, 0.29) is 21.8 Å². The quantitative estimate of drug-likeness (QED) is 0.472. The smallest absolute Gasteiger partial charge is 0.329 e. The minimum absolute atomic E-state index is 0.136. The van der Waals surface area contributed by atoms with E-state index in [2.05, 4.69) is 0 Å². The fourth-order valence-electron chi connectivity index (χ4n) is 7.28. The molecular weight excluding hydrogens is 457 g/mol. The lowest BCUT2D eigenvalue weighted by Crippen LogP contribution is -2.48. The van der Waals surface area contributed by atoms with Crippen LogP contribution in [0.2, 0.25) is 5.02 Å². The molecule has 4 saturated carbocycles. The van der Waals surface area contributed by atoms with Gasteiger partial charge in [-0.1, -0.05) is 11.6 Å². The fourth-order valence-corrected chi connectivity index (χ4v) is 7.50. The van der Waals surface area contributed by atoms with Gasteiger partial charge in [0.2, 0.25) is 0 Å². The molecule has 1 heterocycles. The molecule has 4 bridgehead atoms. The van der Waals surface area contributed by atoms with E-state index in [9.17, 15) is 9.59 Å². The highest BCUT2D eigenvalue weighted by Gasteiger charge is 2.51. The number of hydrogen-bond donors (Lipinski definition) is 0. The van der Waals surface area contributed by atoms with E-state index in [1.54, 1.807) is 20.8 Å². The Bertz CT molecular complexity index is 952. The third-order valence-corrected chi connectivity index (χ3v) is 8.44. The van der Waals surface area contributed by atoms with Gasteiger partial charge in [-0.05, 0) is 96.0 Å². The van der Waals surface area contributed by atoms with E-state index in [4.69, 9.17) is 21.1 Å². The van der Waals surface area contributed by atoms with Gasteiger partial charge < -0.3 is 14.4 Å². The number of hydrogen-bond acceptors (Lipinski definition) is 4. The minimum Gasteiger partial charge on any atom is -0.491 e. The molecule has 0 radical (unpaired) electrons. The van der Waals surface area contributed by atoms with E-state index >= 15 is 4.39 Å². The van der Waals surface area contributed by atoms with Gasteiger partial charge in [-0.3, -0.25) is 4.79 Å². The predicted molar refractivity (Wildman–Crippen MR) is 127 cm³/mol. The van der Waals surface area contributed by atoms with Gasteiger partial charge >= 0.3 is 5.97 Å². The third kappa shape index (κ3) is 4.67. The molecule has 1 aromatic carbocycles. The Balaban J connectivity index is 1.28. The fraction of sp³-hybridized carbons (Fsp3) is 0.704. The summed E-state index contributed by atoms with van der Waals surface area (Å²) in [7, 11) is 0. The topological polar surface area (TPSA) is 55.8 Å². The summed E-state index contributed by atoms with van der Waals surface area (Å²) < 4.78 is 26.7. The summed E-state index contributed by atoms with van der Waals surface area (Å²) in [5, 5.41) is 0.225. The van der Waals surface area contributed by atoms with Gasteiger partial charge in [-0.15, -0.1) is 0 Å². The highest BCUT2D eigenvalue weighted by atomic mass is 35.5. The second kappa shape index (κ2) is 8.69. The summed E-state index contributed by atoms with van der Waals surface area (Å²) >= 11 is 6.47. The molecule has 0 spiro atoms. The van der Waals surface area contributed by atoms with Crippen LogP contribution in [0.4, 0.5) is 4.39 Å². The first-order valence-electron chi connectivity index (χ1n) is 12.7. The number of esters is 1. The van der Waals surface area contributed by atoms with Crippen LogP contribution in [-0.2, 0) is 9.53 Å². The van der Waals surface area contributed by atoms with Crippen molar-refractivity contribution in [1.29, 1.82) is 0 Å². The van der Waals surface area contributed by atoms with Crippen molar-refractivity contribution in [3.05, 3.63) is 28.5 Å². The van der Waals surface area contributed by atoms with Gasteiger partial charge in [0.05, 0.1) is 17.2 Å². The van der Waals surface area contributed by atoms with Crippen LogP contribution in [0.5, 0.6) is 5.75 Å². The summed E-state index contributed by atoms with van der Waals surface area (Å²) in [6, 6.07) is 1.87. The number of likely N-dealkylation sites (tertiary alicyclic amines) is 1. The maximum absolute atomic E-state index is 15.1. The third-order valence-electron chi connectivity index (χ3n) is 8.14. The van der Waals surface area contributed by atoms with Crippen molar-refractivity contribution in [3.63, 3.8) is 0 Å². The molecule has 34 heavy (non-hydrogen) atoms. The molecule has 186 valence electrons. The van der Waals surface area contributed by atoms with Crippen molar-refractivity contribution < 1.29 is 23.5 Å². The number of rotatable bonds is 5. The summed E-state index contributed by atoms with van der Waals surface area (Å²) in [6.45, 7) is 6.29. The normalized spacial score (nSPS) is 32.2. The number of carbonyl (C=O) groups excluding carboxylic acids is 2. The summed E-state index contributed by atoms with van der Waals surface area (Å²) in [5.74, 6) is 1.03. The average Bonchev–Trinajstić information content (AvgIpc) is 3.21. The van der Waals surface area contributed by atoms with E-state index in [0.29, 0.717) is 26.0 Å². The molecule has 5 fully saturated rings. The summed E-state index contributed by atoms with van der Waals surface area (Å²) in [5.41, 5.74) is -0.611. The maximum atomic E-state index is 15.1. The first-order valence-corrected chi connectivity index (χ1v) is 13.1. The van der Waals surface area contributed by atoms with E-state index < -0.39 is 29.3 Å². The molecule has 7 heteroatoms. The number of nitrogens with zero attached hydrogens (tertiary/aromatic N) is 1. The summed E-state index contributed by atoms with van der Waals surface area (Å²) in [4.78, 5) is 27.2. The number of carbonyl (C=O) groups is 2. The van der Waals surface area contributed by atoms with Crippen LogP contribution in [0.1, 0.15) is 82.5 Å². The van der Waals surface area contributed by atoms with Crippen LogP contribution in [0.3, 0.4) is 0 Å². The number of amides is 1. The van der Waals surface area contributed by atoms with Crippen LogP contribution < -0.4 is 4.74 Å². The van der Waals surface area contributed by atoms with Crippen molar-refractivity contribution in [1.82, 2.24) is 4.90 Å². The van der Waals surface area contributed by atoms with Crippen LogP contribution in [0.25, 0.3) is 0 Å². The lowest BCUT2D eigenvalue weighted by molar-refractivity contribution is -0.159. The number of ether oxygens (including phenoxy) is 2. The number of benzene rings is 1. The zero-order valence-electron chi connectivity index (χ0n) is 20.4. The van der Waals surface area contributed by atoms with E-state index in [1.807, 2.05) is 0 Å². The van der Waals surface area contributed by atoms with Gasteiger partial charge in [-0.25, -0.2) is 9.18 Å². The molecule has 0 N–H and O–H groups in total. The van der Waals surface area contributed by atoms with Crippen molar-refractivity contribution >= 4 is 23.5 Å². The lowest BCUT2D eigenvalue weighted by Gasteiger charge is -2.56. The molecule has 4 aliphatic carbocycles. The molecule has 5 nitrogen and oxygen atoms in total. The molecule has 1 unspecified atom stereocenters. The SMILES string of the molecule is CC(C)(C)OC(=O)C1CCCN1C(=O)c1cc(Cl)c(OCC23CC4CC(CC(C4)C2)C3)cc1F. The second-order valence-electron chi connectivity index (χ2n) is 12.2. The predicted octanol–water partition coefficient (Wildman–Crippen LogP) is 6.02. The van der Waals surface area contributed by atoms with Crippen molar-refractivity contribution in [2.24, 2.45) is 23.2 Å². The highest BCUT2D eigenvalue weighted by molar-refractivity contribution is 6.32. The Morgan fingerprint density at radius 2 is 1.74 bits per heavy atom. The van der Waals surface area contributed by atoms with Gasteiger partial charge in [0.25, 0.3) is 5.91 Å². The first-order chi connectivity index (χ1) is 16.0. The van der Waals surface area contributed by atoms with Crippen molar-refractivity contribution in [3.8, 4) is 5.75 Å². The molecule has 5 aliphatic rings. The molecule has 0 aromatic heterocycles. The zero-order chi connectivity index (χ0) is 24.3. The second-order valence-corrected chi connectivity index (χ2v) is 12.6. The monoisotopic (exact) mass is 491 g/mol. The molecular formula is C27H35ClFNO4. The van der Waals surface area contributed by atoms with Crippen molar-refractivity contribution in [2.45, 2.75) is 83.8 Å². The zero-order valence-corrected chi connectivity index (χ0v) is 21.1. The number of halogens is 2. The molecule has 1 amide bonds. The highest BCUT2D eigenvalue weighted by Crippen LogP contribution is 2.60. The Kier molecular flexibility index (Phi) is 6.11. The van der Waals surface area contributed by atoms with Crippen LogP contribution >= 0.6 is 11.6 Å². The van der Waals surface area contributed by atoms with Crippen molar-refractivity contribution in [2.75, 3.05) is 13.2 Å². The molecule has 1 saturated heterocycles. The van der Waals surface area contributed by atoms with Crippen LogP contribution in [0, 0.1) is 29.0 Å². The first kappa shape index (κ1) is 23.9.